The highest BCUT2D eigenvalue weighted by Gasteiger charge is 2.10. The number of hydrogen-bond acceptors (Lipinski definition) is 4. The van der Waals surface area contributed by atoms with Crippen LogP contribution in [0.4, 0.5) is 0 Å². The Hall–Kier alpha value is -2.24. The molecule has 0 aliphatic heterocycles. The van der Waals surface area contributed by atoms with Gasteiger partial charge in [-0.1, -0.05) is 0 Å². The molecule has 0 aromatic heterocycles. The molecule has 1 aromatic carbocycles. The van der Waals surface area contributed by atoms with Crippen LogP contribution in [0.3, 0.4) is 0 Å². The normalized spacial score (nSPS) is 9.53. The molecule has 1 amide bonds. The van der Waals surface area contributed by atoms with E-state index in [1.807, 2.05) is 0 Å². The number of carboxylic acids is 1. The van der Waals surface area contributed by atoms with Crippen LogP contribution < -0.4 is 14.8 Å². The fourth-order valence-electron chi connectivity index (χ4n) is 1.21. The van der Waals surface area contributed by atoms with Crippen molar-refractivity contribution in [1.82, 2.24) is 5.32 Å². The molecule has 0 fully saturated rings. The third kappa shape index (κ3) is 3.37. The molecule has 0 unspecified atom stereocenters. The molecular formula is C11H13NO5. The average Bonchev–Trinajstić information content (AvgIpc) is 2.34. The van der Waals surface area contributed by atoms with Crippen molar-refractivity contribution in [3.63, 3.8) is 0 Å². The summed E-state index contributed by atoms with van der Waals surface area (Å²) in [6.45, 7) is -0.463. The molecule has 0 spiro atoms. The highest BCUT2D eigenvalue weighted by Crippen LogP contribution is 2.27. The number of rotatable bonds is 5. The van der Waals surface area contributed by atoms with Crippen LogP contribution in [0, 0.1) is 0 Å². The van der Waals surface area contributed by atoms with E-state index in [0.29, 0.717) is 11.3 Å². The summed E-state index contributed by atoms with van der Waals surface area (Å²) in [6.07, 6.45) is 0. The van der Waals surface area contributed by atoms with E-state index in [4.69, 9.17) is 14.6 Å². The standard InChI is InChI=1S/C11H13NO5/c1-12-11(15)7-3-4-8(9(5-7)16-2)17-6-10(13)14/h3-5H,6H2,1-2H3,(H,12,15)(H,13,14). The molecule has 0 radical (unpaired) electrons. The number of hydrogen-bond donors (Lipinski definition) is 2. The minimum atomic E-state index is -1.08. The second-order valence-corrected chi connectivity index (χ2v) is 3.13. The van der Waals surface area contributed by atoms with Crippen LogP contribution in [0.2, 0.25) is 0 Å². The molecular weight excluding hydrogens is 226 g/mol. The third-order valence-corrected chi connectivity index (χ3v) is 2.00. The summed E-state index contributed by atoms with van der Waals surface area (Å²) in [5, 5.41) is 11.0. The Labute approximate surface area is 98.2 Å². The van der Waals surface area contributed by atoms with Gasteiger partial charge in [0.1, 0.15) is 0 Å². The van der Waals surface area contributed by atoms with Gasteiger partial charge >= 0.3 is 5.97 Å². The second-order valence-electron chi connectivity index (χ2n) is 3.13. The maximum absolute atomic E-state index is 11.4. The fraction of sp³-hybridized carbons (Fsp3) is 0.273. The first-order chi connectivity index (χ1) is 8.08. The van der Waals surface area contributed by atoms with Gasteiger partial charge in [-0.3, -0.25) is 4.79 Å². The molecule has 0 atom stereocenters. The first-order valence-corrected chi connectivity index (χ1v) is 4.83. The lowest BCUT2D eigenvalue weighted by molar-refractivity contribution is -0.139. The summed E-state index contributed by atoms with van der Waals surface area (Å²) in [5.41, 5.74) is 0.409. The van der Waals surface area contributed by atoms with Gasteiger partial charge in [0.05, 0.1) is 7.11 Å². The second kappa shape index (κ2) is 5.74. The van der Waals surface area contributed by atoms with E-state index in [1.54, 1.807) is 0 Å². The van der Waals surface area contributed by atoms with Crippen molar-refractivity contribution in [2.45, 2.75) is 0 Å². The molecule has 1 aromatic rings. The zero-order chi connectivity index (χ0) is 12.8. The SMILES string of the molecule is CNC(=O)c1ccc(OCC(=O)O)c(OC)c1. The maximum atomic E-state index is 11.4. The Balaban J connectivity index is 2.93. The van der Waals surface area contributed by atoms with Crippen molar-refractivity contribution >= 4 is 11.9 Å². The van der Waals surface area contributed by atoms with E-state index in [9.17, 15) is 9.59 Å². The number of carbonyl (C=O) groups is 2. The van der Waals surface area contributed by atoms with E-state index < -0.39 is 12.6 Å². The van der Waals surface area contributed by atoms with Gasteiger partial charge < -0.3 is 19.9 Å². The summed E-state index contributed by atoms with van der Waals surface area (Å²) < 4.78 is 10.0. The molecule has 1 rings (SSSR count). The fourth-order valence-corrected chi connectivity index (χ4v) is 1.21. The number of benzene rings is 1. The van der Waals surface area contributed by atoms with Crippen molar-refractivity contribution in [3.05, 3.63) is 23.8 Å². The van der Waals surface area contributed by atoms with Crippen molar-refractivity contribution in [1.29, 1.82) is 0 Å². The number of carbonyl (C=O) groups excluding carboxylic acids is 1. The Morgan fingerprint density at radius 1 is 1.35 bits per heavy atom. The van der Waals surface area contributed by atoms with Gasteiger partial charge in [0.2, 0.25) is 0 Å². The Morgan fingerprint density at radius 2 is 2.06 bits per heavy atom. The van der Waals surface area contributed by atoms with Crippen molar-refractivity contribution < 1.29 is 24.2 Å². The predicted octanol–water partition coefficient (Wildman–Crippen LogP) is 0.518. The number of amides is 1. The van der Waals surface area contributed by atoms with Gasteiger partial charge in [0.25, 0.3) is 5.91 Å². The van der Waals surface area contributed by atoms with Crippen molar-refractivity contribution in [2.24, 2.45) is 0 Å². The van der Waals surface area contributed by atoms with Crippen LogP contribution >= 0.6 is 0 Å². The van der Waals surface area contributed by atoms with E-state index in [2.05, 4.69) is 5.32 Å². The van der Waals surface area contributed by atoms with E-state index >= 15 is 0 Å². The molecule has 6 nitrogen and oxygen atoms in total. The number of carboxylic acid groups (broad SMARTS) is 1. The minimum absolute atomic E-state index is 0.256. The van der Waals surface area contributed by atoms with Gasteiger partial charge in [0, 0.05) is 12.6 Å². The van der Waals surface area contributed by atoms with Gasteiger partial charge in [-0.15, -0.1) is 0 Å². The van der Waals surface area contributed by atoms with Gasteiger partial charge in [0.15, 0.2) is 18.1 Å². The number of aliphatic carboxylic acids is 1. The molecule has 6 heteroatoms. The molecule has 92 valence electrons. The predicted molar refractivity (Wildman–Crippen MR) is 59.5 cm³/mol. The molecule has 0 aliphatic rings. The molecule has 17 heavy (non-hydrogen) atoms. The van der Waals surface area contributed by atoms with E-state index in [-0.39, 0.29) is 11.7 Å². The van der Waals surface area contributed by atoms with Gasteiger partial charge in [-0.05, 0) is 18.2 Å². The monoisotopic (exact) mass is 239 g/mol. The largest absolute Gasteiger partial charge is 0.493 e. The van der Waals surface area contributed by atoms with Crippen LogP contribution in [0.15, 0.2) is 18.2 Å². The minimum Gasteiger partial charge on any atom is -0.493 e. The number of methoxy groups -OCH3 is 1. The lowest BCUT2D eigenvalue weighted by atomic mass is 10.2. The van der Waals surface area contributed by atoms with Crippen LogP contribution in [-0.2, 0) is 4.79 Å². The summed E-state index contributed by atoms with van der Waals surface area (Å²) in [6, 6.07) is 4.50. The smallest absolute Gasteiger partial charge is 0.341 e. The van der Waals surface area contributed by atoms with E-state index in [0.717, 1.165) is 0 Å². The Kier molecular flexibility index (Phi) is 4.33. The van der Waals surface area contributed by atoms with E-state index in [1.165, 1.54) is 32.4 Å². The molecule has 0 aliphatic carbocycles. The molecule has 2 N–H and O–H groups in total. The van der Waals surface area contributed by atoms with Crippen LogP contribution in [0.1, 0.15) is 10.4 Å². The molecule has 0 saturated heterocycles. The lowest BCUT2D eigenvalue weighted by Crippen LogP contribution is -2.18. The van der Waals surface area contributed by atoms with Crippen LogP contribution in [0.5, 0.6) is 11.5 Å². The summed E-state index contributed by atoms with van der Waals surface area (Å²) >= 11 is 0. The van der Waals surface area contributed by atoms with Gasteiger partial charge in [-0.2, -0.15) is 0 Å². The number of ether oxygens (including phenoxy) is 2. The Bertz CT molecular complexity index is 430. The molecule has 0 heterocycles. The zero-order valence-corrected chi connectivity index (χ0v) is 9.52. The highest BCUT2D eigenvalue weighted by molar-refractivity contribution is 5.94. The quantitative estimate of drug-likeness (QED) is 0.782. The van der Waals surface area contributed by atoms with Crippen LogP contribution in [-0.4, -0.2) is 37.7 Å². The lowest BCUT2D eigenvalue weighted by Gasteiger charge is -2.10. The first-order valence-electron chi connectivity index (χ1n) is 4.83. The zero-order valence-electron chi connectivity index (χ0n) is 9.52. The van der Waals surface area contributed by atoms with Crippen molar-refractivity contribution in [3.8, 4) is 11.5 Å². The van der Waals surface area contributed by atoms with Gasteiger partial charge in [-0.25, -0.2) is 4.79 Å². The summed E-state index contributed by atoms with van der Waals surface area (Å²) in [5.74, 6) is -0.745. The number of nitrogens with one attached hydrogen (secondary N) is 1. The van der Waals surface area contributed by atoms with Crippen LogP contribution in [0.25, 0.3) is 0 Å². The summed E-state index contributed by atoms with van der Waals surface area (Å²) in [4.78, 5) is 21.7. The Morgan fingerprint density at radius 3 is 2.59 bits per heavy atom. The first kappa shape index (κ1) is 12.8. The molecule has 0 bridgehead atoms. The third-order valence-electron chi connectivity index (χ3n) is 2.00. The molecule has 0 saturated carbocycles. The average molecular weight is 239 g/mol. The topological polar surface area (TPSA) is 84.9 Å². The summed E-state index contributed by atoms with van der Waals surface area (Å²) in [7, 11) is 2.93. The maximum Gasteiger partial charge on any atom is 0.341 e. The highest BCUT2D eigenvalue weighted by atomic mass is 16.5. The van der Waals surface area contributed by atoms with Crippen molar-refractivity contribution in [2.75, 3.05) is 20.8 Å².